The number of hydrogen-bond donors (Lipinski definition) is 0. The quantitative estimate of drug-likeness (QED) is 0.612. The first kappa shape index (κ1) is 12.1. The highest BCUT2D eigenvalue weighted by atomic mass is 32.1. The van der Waals surface area contributed by atoms with Gasteiger partial charge < -0.3 is 0 Å². The van der Waals surface area contributed by atoms with Gasteiger partial charge >= 0.3 is 0 Å². The van der Waals surface area contributed by atoms with Crippen LogP contribution in [0.15, 0.2) is 48.5 Å². The van der Waals surface area contributed by atoms with E-state index in [2.05, 4.69) is 0 Å². The zero-order valence-electron chi connectivity index (χ0n) is 10.9. The molecule has 0 amide bonds. The van der Waals surface area contributed by atoms with E-state index < -0.39 is 0 Å². The van der Waals surface area contributed by atoms with E-state index in [0.29, 0.717) is 0 Å². The van der Waals surface area contributed by atoms with E-state index in [1.807, 2.05) is 62.4 Å². The van der Waals surface area contributed by atoms with Gasteiger partial charge in [-0.15, -0.1) is 11.3 Å². The third-order valence-corrected chi connectivity index (χ3v) is 4.29. The van der Waals surface area contributed by atoms with E-state index in [4.69, 9.17) is 0 Å². The Kier molecular flexibility index (Phi) is 2.96. The Hall–Kier alpha value is -1.93. The average Bonchev–Trinajstić information content (AvgIpc) is 2.76. The topological polar surface area (TPSA) is 17.1 Å². The normalized spacial score (nSPS) is 10.8. The summed E-state index contributed by atoms with van der Waals surface area (Å²) in [6, 6.07) is 15.9. The van der Waals surface area contributed by atoms with Crippen molar-refractivity contribution in [3.05, 3.63) is 69.4 Å². The number of rotatable bonds is 2. The lowest BCUT2D eigenvalue weighted by atomic mass is 9.97. The lowest BCUT2D eigenvalue weighted by Crippen LogP contribution is -2.02. The number of benzene rings is 2. The van der Waals surface area contributed by atoms with Gasteiger partial charge in [-0.1, -0.05) is 42.5 Å². The van der Waals surface area contributed by atoms with Crippen molar-refractivity contribution in [2.24, 2.45) is 0 Å². The van der Waals surface area contributed by atoms with Crippen LogP contribution in [0, 0.1) is 13.8 Å². The lowest BCUT2D eigenvalue weighted by Gasteiger charge is -2.05. The first-order valence-corrected chi connectivity index (χ1v) is 7.08. The number of fused-ring (bicyclic) bond motifs is 1. The highest BCUT2D eigenvalue weighted by molar-refractivity contribution is 7.12. The number of thiophene rings is 1. The van der Waals surface area contributed by atoms with E-state index in [1.54, 1.807) is 11.3 Å². The molecule has 0 aliphatic heterocycles. The molecule has 0 aliphatic carbocycles. The van der Waals surface area contributed by atoms with Crippen molar-refractivity contribution in [2.45, 2.75) is 13.8 Å². The summed E-state index contributed by atoms with van der Waals surface area (Å²) in [6.45, 7) is 4.05. The summed E-state index contributed by atoms with van der Waals surface area (Å²) < 4.78 is 0. The van der Waals surface area contributed by atoms with E-state index in [1.165, 1.54) is 4.88 Å². The minimum Gasteiger partial charge on any atom is -0.289 e. The SMILES string of the molecule is Cc1cc(C(=O)c2cccc3ccccc23)c(C)s1. The molecule has 3 aromatic rings. The maximum absolute atomic E-state index is 12.7. The van der Waals surface area contributed by atoms with E-state index in [0.717, 1.165) is 26.8 Å². The Morgan fingerprint density at radius 1 is 0.947 bits per heavy atom. The predicted octanol–water partition coefficient (Wildman–Crippen LogP) is 4.75. The van der Waals surface area contributed by atoms with Gasteiger partial charge in [0, 0.05) is 20.9 Å². The molecule has 2 aromatic carbocycles. The molecule has 1 aromatic heterocycles. The molecular weight excluding hydrogens is 252 g/mol. The smallest absolute Gasteiger partial charge is 0.194 e. The third-order valence-electron chi connectivity index (χ3n) is 3.32. The molecule has 0 atom stereocenters. The largest absolute Gasteiger partial charge is 0.289 e. The van der Waals surface area contributed by atoms with E-state index >= 15 is 0 Å². The van der Waals surface area contributed by atoms with Crippen LogP contribution in [0.3, 0.4) is 0 Å². The Morgan fingerprint density at radius 3 is 2.42 bits per heavy atom. The maximum atomic E-state index is 12.7. The minimum atomic E-state index is 0.124. The number of carbonyl (C=O) groups excluding carboxylic acids is 1. The molecule has 94 valence electrons. The first-order chi connectivity index (χ1) is 9.16. The van der Waals surface area contributed by atoms with Gasteiger partial charge in [0.2, 0.25) is 0 Å². The van der Waals surface area contributed by atoms with Crippen LogP contribution in [-0.4, -0.2) is 5.78 Å². The van der Waals surface area contributed by atoms with Crippen molar-refractivity contribution in [1.82, 2.24) is 0 Å². The molecule has 0 radical (unpaired) electrons. The molecule has 0 unspecified atom stereocenters. The maximum Gasteiger partial charge on any atom is 0.194 e. The van der Waals surface area contributed by atoms with Gasteiger partial charge in [-0.2, -0.15) is 0 Å². The van der Waals surface area contributed by atoms with E-state index in [-0.39, 0.29) is 5.78 Å². The van der Waals surface area contributed by atoms with E-state index in [9.17, 15) is 4.79 Å². The number of hydrogen-bond acceptors (Lipinski definition) is 2. The standard InChI is InChI=1S/C17H14OS/c1-11-10-16(12(2)19-11)17(18)15-9-5-7-13-6-3-4-8-14(13)15/h3-10H,1-2H3. The van der Waals surface area contributed by atoms with Crippen LogP contribution >= 0.6 is 11.3 Å². The molecule has 0 N–H and O–H groups in total. The molecule has 1 heterocycles. The summed E-state index contributed by atoms with van der Waals surface area (Å²) in [5, 5.41) is 2.14. The Labute approximate surface area is 116 Å². The fourth-order valence-electron chi connectivity index (χ4n) is 2.42. The fourth-order valence-corrected chi connectivity index (χ4v) is 3.35. The highest BCUT2D eigenvalue weighted by Crippen LogP contribution is 2.26. The first-order valence-electron chi connectivity index (χ1n) is 6.26. The Bertz CT molecular complexity index is 763. The molecule has 0 spiro atoms. The molecular formula is C17H14OS. The fraction of sp³-hybridized carbons (Fsp3) is 0.118. The second-order valence-electron chi connectivity index (χ2n) is 4.68. The molecule has 2 heteroatoms. The van der Waals surface area contributed by atoms with Crippen molar-refractivity contribution in [3.63, 3.8) is 0 Å². The molecule has 0 bridgehead atoms. The third kappa shape index (κ3) is 2.08. The Morgan fingerprint density at radius 2 is 1.68 bits per heavy atom. The molecule has 3 rings (SSSR count). The minimum absolute atomic E-state index is 0.124. The van der Waals surface area contributed by atoms with Crippen LogP contribution in [0.4, 0.5) is 0 Å². The van der Waals surface area contributed by atoms with Crippen molar-refractivity contribution < 1.29 is 4.79 Å². The summed E-state index contributed by atoms with van der Waals surface area (Å²) in [4.78, 5) is 15.0. The summed E-state index contributed by atoms with van der Waals surface area (Å²) in [6.07, 6.45) is 0. The lowest BCUT2D eigenvalue weighted by molar-refractivity contribution is 0.104. The van der Waals surface area contributed by atoms with Gasteiger partial charge in [0.05, 0.1) is 0 Å². The molecule has 0 saturated carbocycles. The Balaban J connectivity index is 2.19. The van der Waals surface area contributed by atoms with Crippen LogP contribution < -0.4 is 0 Å². The van der Waals surface area contributed by atoms with Gasteiger partial charge in [-0.3, -0.25) is 4.79 Å². The molecule has 0 aliphatic rings. The van der Waals surface area contributed by atoms with Gasteiger partial charge in [0.1, 0.15) is 0 Å². The van der Waals surface area contributed by atoms with Gasteiger partial charge in [0.25, 0.3) is 0 Å². The van der Waals surface area contributed by atoms with Crippen molar-refractivity contribution in [2.75, 3.05) is 0 Å². The van der Waals surface area contributed by atoms with Crippen LogP contribution in [-0.2, 0) is 0 Å². The van der Waals surface area contributed by atoms with Crippen LogP contribution in [0.2, 0.25) is 0 Å². The van der Waals surface area contributed by atoms with Crippen LogP contribution in [0.25, 0.3) is 10.8 Å². The molecule has 19 heavy (non-hydrogen) atoms. The molecule has 0 saturated heterocycles. The monoisotopic (exact) mass is 266 g/mol. The predicted molar refractivity (Wildman–Crippen MR) is 81.2 cm³/mol. The number of ketones is 1. The van der Waals surface area contributed by atoms with Crippen LogP contribution in [0.1, 0.15) is 25.7 Å². The van der Waals surface area contributed by atoms with Crippen molar-refractivity contribution >= 4 is 27.9 Å². The summed E-state index contributed by atoms with van der Waals surface area (Å²) in [7, 11) is 0. The second kappa shape index (κ2) is 4.63. The van der Waals surface area contributed by atoms with Crippen LogP contribution in [0.5, 0.6) is 0 Å². The average molecular weight is 266 g/mol. The molecule has 1 nitrogen and oxygen atoms in total. The summed E-state index contributed by atoms with van der Waals surface area (Å²) in [5.74, 6) is 0.124. The zero-order valence-corrected chi connectivity index (χ0v) is 11.8. The van der Waals surface area contributed by atoms with Gasteiger partial charge in [0.15, 0.2) is 5.78 Å². The highest BCUT2D eigenvalue weighted by Gasteiger charge is 2.16. The number of carbonyl (C=O) groups is 1. The van der Waals surface area contributed by atoms with Crippen molar-refractivity contribution in [3.8, 4) is 0 Å². The zero-order chi connectivity index (χ0) is 13.4. The van der Waals surface area contributed by atoms with Gasteiger partial charge in [-0.05, 0) is 30.7 Å². The number of aryl methyl sites for hydroxylation is 2. The summed E-state index contributed by atoms with van der Waals surface area (Å²) >= 11 is 1.68. The van der Waals surface area contributed by atoms with Crippen molar-refractivity contribution in [1.29, 1.82) is 0 Å². The second-order valence-corrected chi connectivity index (χ2v) is 6.14. The summed E-state index contributed by atoms with van der Waals surface area (Å²) in [5.41, 5.74) is 1.62. The molecule has 0 fully saturated rings. The van der Waals surface area contributed by atoms with Gasteiger partial charge in [-0.25, -0.2) is 0 Å².